The highest BCUT2D eigenvalue weighted by molar-refractivity contribution is 6.31. The Morgan fingerprint density at radius 1 is 0.833 bits per heavy atom. The van der Waals surface area contributed by atoms with Crippen molar-refractivity contribution in [1.82, 2.24) is 15.0 Å². The number of para-hydroxylation sites is 1. The maximum Gasteiger partial charge on any atom is 0.178 e. The molecule has 0 aliphatic heterocycles. The van der Waals surface area contributed by atoms with Crippen LogP contribution in [-0.2, 0) is 0 Å². The van der Waals surface area contributed by atoms with E-state index in [2.05, 4.69) is 9.97 Å². The number of pyridine rings is 1. The molecule has 0 radical (unpaired) electrons. The maximum atomic E-state index is 6.23. The number of nitrogens with zero attached hydrogens (tertiary/aromatic N) is 3. The fourth-order valence-corrected chi connectivity index (χ4v) is 2.75. The molecule has 2 aromatic heterocycles. The molecule has 24 heavy (non-hydrogen) atoms. The molecule has 4 heteroatoms. The van der Waals surface area contributed by atoms with Gasteiger partial charge in [-0.2, -0.15) is 0 Å². The van der Waals surface area contributed by atoms with Gasteiger partial charge in [0.1, 0.15) is 5.69 Å². The molecule has 0 amide bonds. The third-order valence-electron chi connectivity index (χ3n) is 3.93. The molecule has 2 aromatic carbocycles. The van der Waals surface area contributed by atoms with Gasteiger partial charge in [-0.15, -0.1) is 0 Å². The van der Waals surface area contributed by atoms with Crippen LogP contribution in [0.4, 0.5) is 0 Å². The van der Waals surface area contributed by atoms with E-state index < -0.39 is 0 Å². The van der Waals surface area contributed by atoms with Gasteiger partial charge in [-0.1, -0.05) is 48.0 Å². The average Bonchev–Trinajstić information content (AvgIpc) is 2.64. The van der Waals surface area contributed by atoms with Crippen LogP contribution in [0.25, 0.3) is 33.7 Å². The van der Waals surface area contributed by atoms with Crippen LogP contribution in [0.1, 0.15) is 5.56 Å². The quantitative estimate of drug-likeness (QED) is 0.499. The van der Waals surface area contributed by atoms with Crippen LogP contribution >= 0.6 is 11.6 Å². The largest absolute Gasteiger partial charge is 0.244 e. The number of benzene rings is 2. The van der Waals surface area contributed by atoms with Crippen LogP contribution in [-0.4, -0.2) is 15.0 Å². The summed E-state index contributed by atoms with van der Waals surface area (Å²) in [7, 11) is 0. The lowest BCUT2D eigenvalue weighted by atomic mass is 10.1. The summed E-state index contributed by atoms with van der Waals surface area (Å²) in [5.41, 5.74) is 4.54. The van der Waals surface area contributed by atoms with E-state index in [4.69, 9.17) is 16.6 Å². The lowest BCUT2D eigenvalue weighted by Gasteiger charge is -2.06. The van der Waals surface area contributed by atoms with Crippen molar-refractivity contribution < 1.29 is 0 Å². The Morgan fingerprint density at radius 2 is 1.67 bits per heavy atom. The first-order valence-corrected chi connectivity index (χ1v) is 8.04. The molecule has 116 valence electrons. The number of rotatable bonds is 2. The summed E-state index contributed by atoms with van der Waals surface area (Å²) in [4.78, 5) is 13.8. The summed E-state index contributed by atoms with van der Waals surface area (Å²) >= 11 is 6.23. The van der Waals surface area contributed by atoms with Gasteiger partial charge in [0.15, 0.2) is 5.82 Å². The Morgan fingerprint density at radius 3 is 2.54 bits per heavy atom. The third kappa shape index (κ3) is 2.74. The minimum Gasteiger partial charge on any atom is -0.244 e. The van der Waals surface area contributed by atoms with Crippen molar-refractivity contribution in [1.29, 1.82) is 0 Å². The molecular weight excluding hydrogens is 318 g/mol. The predicted molar refractivity (Wildman–Crippen MR) is 98.0 cm³/mol. The van der Waals surface area contributed by atoms with Crippen LogP contribution < -0.4 is 0 Å². The van der Waals surface area contributed by atoms with E-state index in [0.717, 1.165) is 38.4 Å². The molecule has 0 unspecified atom stereocenters. The molecule has 4 rings (SSSR count). The van der Waals surface area contributed by atoms with Gasteiger partial charge in [0.25, 0.3) is 0 Å². The van der Waals surface area contributed by atoms with Gasteiger partial charge in [-0.3, -0.25) is 0 Å². The summed E-state index contributed by atoms with van der Waals surface area (Å²) in [5.74, 6) is 0.619. The SMILES string of the molecule is Cc1ccc(-c2cccc(-c3ncc4ccccc4n3)n2)cc1Cl. The fourth-order valence-electron chi connectivity index (χ4n) is 2.57. The van der Waals surface area contributed by atoms with Crippen molar-refractivity contribution in [3.63, 3.8) is 0 Å². The molecule has 0 aliphatic rings. The van der Waals surface area contributed by atoms with Gasteiger partial charge < -0.3 is 0 Å². The molecule has 4 aromatic rings. The van der Waals surface area contributed by atoms with Crippen LogP contribution in [0.5, 0.6) is 0 Å². The zero-order valence-corrected chi connectivity index (χ0v) is 13.8. The zero-order valence-electron chi connectivity index (χ0n) is 13.1. The normalized spacial score (nSPS) is 10.9. The van der Waals surface area contributed by atoms with Crippen molar-refractivity contribution in [2.24, 2.45) is 0 Å². The van der Waals surface area contributed by atoms with Gasteiger partial charge in [0.2, 0.25) is 0 Å². The number of aryl methyl sites for hydroxylation is 1. The smallest absolute Gasteiger partial charge is 0.178 e. The topological polar surface area (TPSA) is 38.7 Å². The highest BCUT2D eigenvalue weighted by Crippen LogP contribution is 2.26. The van der Waals surface area contributed by atoms with Gasteiger partial charge >= 0.3 is 0 Å². The molecule has 0 spiro atoms. The van der Waals surface area contributed by atoms with Gasteiger partial charge in [0, 0.05) is 22.2 Å². The number of hydrogen-bond donors (Lipinski definition) is 0. The Bertz CT molecular complexity index is 1040. The fraction of sp³-hybridized carbons (Fsp3) is 0.0500. The summed E-state index contributed by atoms with van der Waals surface area (Å²) in [6.07, 6.45) is 1.83. The van der Waals surface area contributed by atoms with Crippen molar-refractivity contribution >= 4 is 22.5 Å². The summed E-state index contributed by atoms with van der Waals surface area (Å²) < 4.78 is 0. The standard InChI is InChI=1S/C20H14ClN3/c1-13-9-10-14(11-16(13)21)17-7-4-8-19(23-17)20-22-12-15-5-2-3-6-18(15)24-20/h2-12H,1H3. The Labute approximate surface area is 145 Å². The second-order valence-corrected chi connectivity index (χ2v) is 6.03. The molecule has 0 atom stereocenters. The van der Waals surface area contributed by atoms with E-state index in [1.54, 1.807) is 0 Å². The van der Waals surface area contributed by atoms with Crippen molar-refractivity contribution in [2.75, 3.05) is 0 Å². The van der Waals surface area contributed by atoms with E-state index in [9.17, 15) is 0 Å². The van der Waals surface area contributed by atoms with Gasteiger partial charge in [0.05, 0.1) is 11.2 Å². The molecule has 0 N–H and O–H groups in total. The van der Waals surface area contributed by atoms with E-state index >= 15 is 0 Å². The first-order chi connectivity index (χ1) is 11.7. The number of hydrogen-bond acceptors (Lipinski definition) is 3. The van der Waals surface area contributed by atoms with Crippen LogP contribution in [0.15, 0.2) is 66.9 Å². The van der Waals surface area contributed by atoms with E-state index in [0.29, 0.717) is 5.82 Å². The van der Waals surface area contributed by atoms with Crippen LogP contribution in [0.2, 0.25) is 5.02 Å². The molecule has 0 aliphatic carbocycles. The van der Waals surface area contributed by atoms with Crippen molar-refractivity contribution in [3.8, 4) is 22.8 Å². The summed E-state index contributed by atoms with van der Waals surface area (Å²) in [5, 5.41) is 1.75. The number of halogens is 1. The zero-order chi connectivity index (χ0) is 16.5. The van der Waals surface area contributed by atoms with E-state index in [1.165, 1.54) is 0 Å². The Kier molecular flexibility index (Phi) is 3.71. The second kappa shape index (κ2) is 6.02. The van der Waals surface area contributed by atoms with Crippen molar-refractivity contribution in [3.05, 3.63) is 77.4 Å². The van der Waals surface area contributed by atoms with Crippen molar-refractivity contribution in [2.45, 2.75) is 6.92 Å². The number of fused-ring (bicyclic) bond motifs is 1. The highest BCUT2D eigenvalue weighted by Gasteiger charge is 2.08. The maximum absolute atomic E-state index is 6.23. The molecule has 3 nitrogen and oxygen atoms in total. The van der Waals surface area contributed by atoms with Crippen LogP contribution in [0, 0.1) is 6.92 Å². The lowest BCUT2D eigenvalue weighted by Crippen LogP contribution is -1.94. The van der Waals surface area contributed by atoms with Crippen LogP contribution in [0.3, 0.4) is 0 Å². The number of aromatic nitrogens is 3. The predicted octanol–water partition coefficient (Wildman–Crippen LogP) is 5.32. The molecule has 2 heterocycles. The first-order valence-electron chi connectivity index (χ1n) is 7.66. The minimum absolute atomic E-state index is 0.619. The van der Waals surface area contributed by atoms with E-state index in [-0.39, 0.29) is 0 Å². The molecule has 0 fully saturated rings. The monoisotopic (exact) mass is 331 g/mol. The first kappa shape index (κ1) is 14.8. The Balaban J connectivity index is 1.79. The lowest BCUT2D eigenvalue weighted by molar-refractivity contribution is 1.18. The third-order valence-corrected chi connectivity index (χ3v) is 4.34. The molecular formula is C20H14ClN3. The molecule has 0 bridgehead atoms. The van der Waals surface area contributed by atoms with Gasteiger partial charge in [-0.25, -0.2) is 15.0 Å². The summed E-state index contributed by atoms with van der Waals surface area (Å²) in [6.45, 7) is 1.99. The second-order valence-electron chi connectivity index (χ2n) is 5.62. The molecule has 0 saturated heterocycles. The Hall–Kier alpha value is -2.78. The summed E-state index contributed by atoms with van der Waals surface area (Å²) in [6, 6.07) is 19.7. The van der Waals surface area contributed by atoms with E-state index in [1.807, 2.05) is 73.8 Å². The highest BCUT2D eigenvalue weighted by atomic mass is 35.5. The minimum atomic E-state index is 0.619. The molecule has 0 saturated carbocycles. The average molecular weight is 332 g/mol. The van der Waals surface area contributed by atoms with Gasteiger partial charge in [-0.05, 0) is 36.8 Å².